The summed E-state index contributed by atoms with van der Waals surface area (Å²) in [6.45, 7) is 2.72. The maximum atomic E-state index is 10.9. The Labute approximate surface area is 116 Å². The summed E-state index contributed by atoms with van der Waals surface area (Å²) in [6.07, 6.45) is 2.68. The first kappa shape index (κ1) is 13.8. The molecule has 8 heteroatoms. The van der Waals surface area contributed by atoms with Gasteiger partial charge in [-0.15, -0.1) is 0 Å². The van der Waals surface area contributed by atoms with Gasteiger partial charge in [-0.1, -0.05) is 6.92 Å². The molecule has 0 atom stereocenters. The first-order valence-electron chi connectivity index (χ1n) is 6.25. The summed E-state index contributed by atoms with van der Waals surface area (Å²) in [7, 11) is 1.79. The Morgan fingerprint density at radius 1 is 1.35 bits per heavy atom. The monoisotopic (exact) mass is 276 g/mol. The zero-order valence-electron chi connectivity index (χ0n) is 11.3. The minimum Gasteiger partial charge on any atom is -0.370 e. The fraction of sp³-hybridized carbons (Fsp3) is 0.333. The average molecular weight is 276 g/mol. The summed E-state index contributed by atoms with van der Waals surface area (Å²) in [4.78, 5) is 14.8. The van der Waals surface area contributed by atoms with E-state index in [2.05, 4.69) is 20.7 Å². The van der Waals surface area contributed by atoms with Crippen molar-refractivity contribution in [1.29, 1.82) is 0 Å². The van der Waals surface area contributed by atoms with E-state index >= 15 is 0 Å². The number of hydrogen-bond donors (Lipinski definition) is 2. The first-order chi connectivity index (χ1) is 9.58. The Hall–Kier alpha value is -2.64. The highest BCUT2D eigenvalue weighted by Gasteiger charge is 2.11. The Bertz CT molecular complexity index is 610. The van der Waals surface area contributed by atoms with Gasteiger partial charge in [-0.3, -0.25) is 14.8 Å². The van der Waals surface area contributed by atoms with E-state index in [1.807, 2.05) is 6.92 Å². The number of nitrogens with one attached hydrogen (secondary N) is 2. The molecule has 0 aliphatic heterocycles. The van der Waals surface area contributed by atoms with E-state index in [-0.39, 0.29) is 5.69 Å². The second-order valence-corrected chi connectivity index (χ2v) is 4.28. The maximum absolute atomic E-state index is 10.9. The molecule has 0 aromatic carbocycles. The molecule has 20 heavy (non-hydrogen) atoms. The lowest BCUT2D eigenvalue weighted by atomic mass is 10.3. The molecule has 2 aromatic heterocycles. The van der Waals surface area contributed by atoms with Crippen molar-refractivity contribution >= 4 is 23.1 Å². The van der Waals surface area contributed by atoms with Gasteiger partial charge in [-0.25, -0.2) is 4.98 Å². The van der Waals surface area contributed by atoms with Crippen LogP contribution in [0.15, 0.2) is 24.4 Å². The van der Waals surface area contributed by atoms with Crippen molar-refractivity contribution in [2.45, 2.75) is 13.3 Å². The highest BCUT2D eigenvalue weighted by atomic mass is 16.6. The minimum atomic E-state index is -0.442. The number of anilines is 3. The summed E-state index contributed by atoms with van der Waals surface area (Å²) in [5, 5.41) is 21.1. The molecule has 0 saturated carbocycles. The molecular formula is C12H16N6O2. The molecular weight excluding hydrogens is 260 g/mol. The third-order valence-corrected chi connectivity index (χ3v) is 2.55. The van der Waals surface area contributed by atoms with Crippen LogP contribution >= 0.6 is 0 Å². The van der Waals surface area contributed by atoms with Gasteiger partial charge in [0.25, 0.3) is 5.69 Å². The Kier molecular flexibility index (Phi) is 4.14. The Morgan fingerprint density at radius 2 is 2.10 bits per heavy atom. The number of pyridine rings is 1. The Morgan fingerprint density at radius 3 is 2.70 bits per heavy atom. The second-order valence-electron chi connectivity index (χ2n) is 4.28. The smallest absolute Gasteiger partial charge is 0.276 e. The van der Waals surface area contributed by atoms with Crippen LogP contribution in [0.1, 0.15) is 13.3 Å². The molecule has 2 rings (SSSR count). The SMILES string of the molecule is CCCNc1cc([N+](=O)[O-])cc(Nc2ccn(C)n2)n1. The van der Waals surface area contributed by atoms with Crippen LogP contribution < -0.4 is 10.6 Å². The van der Waals surface area contributed by atoms with Gasteiger partial charge in [-0.2, -0.15) is 5.10 Å². The number of nitrogens with zero attached hydrogens (tertiary/aromatic N) is 4. The van der Waals surface area contributed by atoms with Crippen molar-refractivity contribution < 1.29 is 4.92 Å². The number of aryl methyl sites for hydroxylation is 1. The van der Waals surface area contributed by atoms with Gasteiger partial charge in [0.2, 0.25) is 0 Å². The average Bonchev–Trinajstić information content (AvgIpc) is 2.81. The molecule has 0 saturated heterocycles. The van der Waals surface area contributed by atoms with Gasteiger partial charge < -0.3 is 10.6 Å². The zero-order valence-corrected chi connectivity index (χ0v) is 11.3. The quantitative estimate of drug-likeness (QED) is 0.620. The van der Waals surface area contributed by atoms with Crippen molar-refractivity contribution in [3.8, 4) is 0 Å². The van der Waals surface area contributed by atoms with Gasteiger partial charge in [0, 0.05) is 25.9 Å². The number of hydrogen-bond acceptors (Lipinski definition) is 6. The van der Waals surface area contributed by atoms with E-state index in [0.29, 0.717) is 24.0 Å². The lowest BCUT2D eigenvalue weighted by Gasteiger charge is -2.07. The van der Waals surface area contributed by atoms with Crippen molar-refractivity contribution in [1.82, 2.24) is 14.8 Å². The van der Waals surface area contributed by atoms with Crippen molar-refractivity contribution in [3.05, 3.63) is 34.5 Å². The van der Waals surface area contributed by atoms with Crippen molar-refractivity contribution in [2.24, 2.45) is 7.05 Å². The summed E-state index contributed by atoms with van der Waals surface area (Å²) in [6, 6.07) is 4.56. The molecule has 8 nitrogen and oxygen atoms in total. The predicted molar refractivity (Wildman–Crippen MR) is 76.2 cm³/mol. The van der Waals surface area contributed by atoms with Crippen LogP contribution in [0.3, 0.4) is 0 Å². The topological polar surface area (TPSA) is 97.9 Å². The molecule has 0 aliphatic rings. The number of aromatic nitrogens is 3. The molecule has 106 valence electrons. The highest BCUT2D eigenvalue weighted by molar-refractivity contribution is 5.59. The third kappa shape index (κ3) is 3.44. The van der Waals surface area contributed by atoms with Crippen LogP contribution in [0.5, 0.6) is 0 Å². The van der Waals surface area contributed by atoms with Gasteiger partial charge in [0.15, 0.2) is 5.82 Å². The molecule has 0 unspecified atom stereocenters. The van der Waals surface area contributed by atoms with Crippen LogP contribution in [-0.4, -0.2) is 26.2 Å². The highest BCUT2D eigenvalue weighted by Crippen LogP contribution is 2.22. The predicted octanol–water partition coefficient (Wildman–Crippen LogP) is 2.29. The standard InChI is InChI=1S/C12H16N6O2/c1-3-5-13-11-7-9(18(19)20)8-12(15-11)14-10-4-6-17(2)16-10/h4,6-8H,3,5H2,1-2H3,(H2,13,14,15,16). The van der Waals surface area contributed by atoms with E-state index < -0.39 is 4.92 Å². The molecule has 0 aliphatic carbocycles. The van der Waals surface area contributed by atoms with E-state index in [1.54, 1.807) is 24.0 Å². The summed E-state index contributed by atoms with van der Waals surface area (Å²) < 4.78 is 1.63. The van der Waals surface area contributed by atoms with Gasteiger partial charge in [0.1, 0.15) is 11.6 Å². The number of rotatable bonds is 6. The van der Waals surface area contributed by atoms with E-state index in [0.717, 1.165) is 6.42 Å². The van der Waals surface area contributed by atoms with Crippen LogP contribution in [0.2, 0.25) is 0 Å². The van der Waals surface area contributed by atoms with Gasteiger partial charge in [0.05, 0.1) is 17.1 Å². The van der Waals surface area contributed by atoms with Gasteiger partial charge in [-0.05, 0) is 6.42 Å². The van der Waals surface area contributed by atoms with Crippen molar-refractivity contribution in [2.75, 3.05) is 17.2 Å². The fourth-order valence-corrected chi connectivity index (χ4v) is 1.64. The molecule has 2 heterocycles. The third-order valence-electron chi connectivity index (χ3n) is 2.55. The summed E-state index contributed by atoms with van der Waals surface area (Å²) in [5.74, 6) is 1.44. The molecule has 0 bridgehead atoms. The van der Waals surface area contributed by atoms with Crippen LogP contribution in [0.25, 0.3) is 0 Å². The lowest BCUT2D eigenvalue weighted by molar-refractivity contribution is -0.384. The normalized spacial score (nSPS) is 10.3. The summed E-state index contributed by atoms with van der Waals surface area (Å²) in [5.41, 5.74) is -0.0166. The maximum Gasteiger partial charge on any atom is 0.276 e. The largest absolute Gasteiger partial charge is 0.370 e. The van der Waals surface area contributed by atoms with E-state index in [4.69, 9.17) is 0 Å². The van der Waals surface area contributed by atoms with Crippen LogP contribution in [0, 0.1) is 10.1 Å². The minimum absolute atomic E-state index is 0.0166. The van der Waals surface area contributed by atoms with Crippen LogP contribution in [0.4, 0.5) is 23.1 Å². The Balaban J connectivity index is 2.26. The molecule has 0 fully saturated rings. The molecule has 0 spiro atoms. The number of nitro groups is 1. The summed E-state index contributed by atoms with van der Waals surface area (Å²) >= 11 is 0. The molecule has 0 radical (unpaired) electrons. The van der Waals surface area contributed by atoms with E-state index in [9.17, 15) is 10.1 Å². The van der Waals surface area contributed by atoms with E-state index in [1.165, 1.54) is 12.1 Å². The fourth-order valence-electron chi connectivity index (χ4n) is 1.64. The molecule has 2 N–H and O–H groups in total. The van der Waals surface area contributed by atoms with Crippen molar-refractivity contribution in [3.63, 3.8) is 0 Å². The lowest BCUT2D eigenvalue weighted by Crippen LogP contribution is -2.05. The molecule has 2 aromatic rings. The zero-order chi connectivity index (χ0) is 14.5. The van der Waals surface area contributed by atoms with Crippen LogP contribution in [-0.2, 0) is 7.05 Å². The first-order valence-corrected chi connectivity index (χ1v) is 6.25. The molecule has 0 amide bonds. The second kappa shape index (κ2) is 6.00. The van der Waals surface area contributed by atoms with Gasteiger partial charge >= 0.3 is 0 Å².